The van der Waals surface area contributed by atoms with Crippen LogP contribution in [0.2, 0.25) is 0 Å². The van der Waals surface area contributed by atoms with Gasteiger partial charge in [-0.1, -0.05) is 11.3 Å². The normalized spacial score (nSPS) is 10.6. The highest BCUT2D eigenvalue weighted by Gasteiger charge is 2.11. The molecule has 3 aromatic rings. The monoisotopic (exact) mass is 388 g/mol. The average molecular weight is 388 g/mol. The molecule has 3 rings (SSSR count). The molecule has 2 amide bonds. The lowest BCUT2D eigenvalue weighted by Gasteiger charge is -2.05. The standard InChI is InChI=1S/C17H13FN4O4S/c18-11-3-6-13-14(9-11)27-17(20-13)21-15(23)7-8-19-16(24)10-1-4-12(5-2-10)22(25)26/h1-6,9H,7-8H2,(H,19,24)(H,20,21,23). The van der Waals surface area contributed by atoms with Crippen LogP contribution in [0.1, 0.15) is 16.8 Å². The Hall–Kier alpha value is -3.40. The number of nitro benzene ring substituents is 1. The molecular formula is C17H13FN4O4S. The number of nitrogens with one attached hydrogen (secondary N) is 2. The topological polar surface area (TPSA) is 114 Å². The Morgan fingerprint density at radius 1 is 1.19 bits per heavy atom. The van der Waals surface area contributed by atoms with E-state index in [9.17, 15) is 24.1 Å². The van der Waals surface area contributed by atoms with Crippen molar-refractivity contribution in [1.82, 2.24) is 10.3 Å². The van der Waals surface area contributed by atoms with Crippen LogP contribution in [0.15, 0.2) is 42.5 Å². The van der Waals surface area contributed by atoms with Crippen molar-refractivity contribution in [3.05, 3.63) is 64.0 Å². The number of carbonyl (C=O) groups excluding carboxylic acids is 2. The Bertz CT molecular complexity index is 1020. The summed E-state index contributed by atoms with van der Waals surface area (Å²) >= 11 is 1.15. The number of carbonyl (C=O) groups is 2. The summed E-state index contributed by atoms with van der Waals surface area (Å²) in [6, 6.07) is 9.31. The zero-order chi connectivity index (χ0) is 19.4. The molecule has 10 heteroatoms. The van der Waals surface area contributed by atoms with E-state index in [4.69, 9.17) is 0 Å². The SMILES string of the molecule is O=C(CCNC(=O)c1ccc([N+](=O)[O-])cc1)Nc1nc2ccc(F)cc2s1. The number of nitrogens with zero attached hydrogens (tertiary/aromatic N) is 2. The fourth-order valence-corrected chi connectivity index (χ4v) is 3.17. The summed E-state index contributed by atoms with van der Waals surface area (Å²) in [5.74, 6) is -1.16. The third-order valence-corrected chi connectivity index (χ3v) is 4.51. The largest absolute Gasteiger partial charge is 0.352 e. The summed E-state index contributed by atoms with van der Waals surface area (Å²) < 4.78 is 13.8. The molecule has 0 saturated carbocycles. The van der Waals surface area contributed by atoms with Crippen molar-refractivity contribution in [1.29, 1.82) is 0 Å². The number of nitro groups is 1. The maximum atomic E-state index is 13.2. The lowest BCUT2D eigenvalue weighted by atomic mass is 10.2. The third-order valence-electron chi connectivity index (χ3n) is 3.57. The fourth-order valence-electron chi connectivity index (χ4n) is 2.26. The van der Waals surface area contributed by atoms with Crippen LogP contribution >= 0.6 is 11.3 Å². The quantitative estimate of drug-likeness (QED) is 0.497. The molecule has 1 aromatic heterocycles. The van der Waals surface area contributed by atoms with Gasteiger partial charge >= 0.3 is 0 Å². The second kappa shape index (κ2) is 7.87. The first-order chi connectivity index (χ1) is 12.9. The third kappa shape index (κ3) is 4.61. The van der Waals surface area contributed by atoms with Crippen LogP contribution < -0.4 is 10.6 Å². The van der Waals surface area contributed by atoms with E-state index in [2.05, 4.69) is 15.6 Å². The van der Waals surface area contributed by atoms with E-state index in [1.807, 2.05) is 0 Å². The number of aromatic nitrogens is 1. The Kier molecular flexibility index (Phi) is 5.36. The van der Waals surface area contributed by atoms with E-state index in [1.54, 1.807) is 0 Å². The van der Waals surface area contributed by atoms with E-state index in [0.29, 0.717) is 15.3 Å². The number of hydrogen-bond donors (Lipinski definition) is 2. The molecule has 2 N–H and O–H groups in total. The van der Waals surface area contributed by atoms with Gasteiger partial charge in [-0.15, -0.1) is 0 Å². The number of halogens is 1. The van der Waals surface area contributed by atoms with Crippen molar-refractivity contribution >= 4 is 44.2 Å². The number of thiazole rings is 1. The van der Waals surface area contributed by atoms with E-state index in [0.717, 1.165) is 11.3 Å². The Labute approximate surface area is 156 Å². The highest BCUT2D eigenvalue weighted by molar-refractivity contribution is 7.22. The zero-order valence-electron chi connectivity index (χ0n) is 13.8. The lowest BCUT2D eigenvalue weighted by molar-refractivity contribution is -0.384. The fraction of sp³-hybridized carbons (Fsp3) is 0.118. The maximum absolute atomic E-state index is 13.2. The van der Waals surface area contributed by atoms with E-state index < -0.39 is 10.8 Å². The average Bonchev–Trinajstić information content (AvgIpc) is 3.02. The first kappa shape index (κ1) is 18.4. The van der Waals surface area contributed by atoms with Gasteiger partial charge in [-0.25, -0.2) is 9.37 Å². The van der Waals surface area contributed by atoms with Gasteiger partial charge in [0.25, 0.3) is 11.6 Å². The molecule has 2 aromatic carbocycles. The Morgan fingerprint density at radius 2 is 1.93 bits per heavy atom. The molecule has 0 fully saturated rings. The molecule has 0 atom stereocenters. The minimum atomic E-state index is -0.553. The molecule has 8 nitrogen and oxygen atoms in total. The molecule has 1 heterocycles. The number of fused-ring (bicyclic) bond motifs is 1. The highest BCUT2D eigenvalue weighted by atomic mass is 32.1. The molecule has 138 valence electrons. The van der Waals surface area contributed by atoms with Crippen LogP contribution in [0.3, 0.4) is 0 Å². The van der Waals surface area contributed by atoms with Crippen LogP contribution in [-0.2, 0) is 4.79 Å². The predicted molar refractivity (Wildman–Crippen MR) is 98.3 cm³/mol. The molecule has 0 aliphatic heterocycles. The molecule has 0 saturated heterocycles. The summed E-state index contributed by atoms with van der Waals surface area (Å²) in [7, 11) is 0. The van der Waals surface area contributed by atoms with Gasteiger partial charge in [0.2, 0.25) is 5.91 Å². The molecular weight excluding hydrogens is 375 g/mol. The van der Waals surface area contributed by atoms with E-state index in [1.165, 1.54) is 42.5 Å². The van der Waals surface area contributed by atoms with Crippen LogP contribution in [0.5, 0.6) is 0 Å². The molecule has 0 aliphatic carbocycles. The van der Waals surface area contributed by atoms with Crippen LogP contribution in [-0.4, -0.2) is 28.3 Å². The van der Waals surface area contributed by atoms with Crippen molar-refractivity contribution < 1.29 is 18.9 Å². The molecule has 0 unspecified atom stereocenters. The summed E-state index contributed by atoms with van der Waals surface area (Å²) in [5, 5.41) is 16.1. The molecule has 0 bridgehead atoms. The van der Waals surface area contributed by atoms with E-state index in [-0.39, 0.29) is 35.9 Å². The minimum absolute atomic E-state index is 0.0169. The van der Waals surface area contributed by atoms with Gasteiger partial charge in [-0.05, 0) is 30.3 Å². The number of rotatable bonds is 6. The molecule has 27 heavy (non-hydrogen) atoms. The number of non-ortho nitro benzene ring substituents is 1. The molecule has 0 spiro atoms. The first-order valence-corrected chi connectivity index (χ1v) is 8.62. The van der Waals surface area contributed by atoms with Gasteiger partial charge in [0.15, 0.2) is 5.13 Å². The Morgan fingerprint density at radius 3 is 2.63 bits per heavy atom. The van der Waals surface area contributed by atoms with Gasteiger partial charge in [0, 0.05) is 30.7 Å². The van der Waals surface area contributed by atoms with Crippen molar-refractivity contribution in [2.24, 2.45) is 0 Å². The summed E-state index contributed by atoms with van der Waals surface area (Å²) in [6.07, 6.45) is 0.0169. The van der Waals surface area contributed by atoms with Crippen molar-refractivity contribution in [3.8, 4) is 0 Å². The van der Waals surface area contributed by atoms with Crippen LogP contribution in [0.25, 0.3) is 10.2 Å². The van der Waals surface area contributed by atoms with E-state index >= 15 is 0 Å². The number of benzene rings is 2. The second-order valence-electron chi connectivity index (χ2n) is 5.49. The van der Waals surface area contributed by atoms with Crippen molar-refractivity contribution in [2.75, 3.05) is 11.9 Å². The number of anilines is 1. The number of hydrogen-bond acceptors (Lipinski definition) is 6. The summed E-state index contributed by atoms with van der Waals surface area (Å²) in [6.45, 7) is 0.0845. The highest BCUT2D eigenvalue weighted by Crippen LogP contribution is 2.26. The van der Waals surface area contributed by atoms with Gasteiger partial charge in [-0.3, -0.25) is 19.7 Å². The summed E-state index contributed by atoms with van der Waals surface area (Å²) in [4.78, 5) is 38.1. The van der Waals surface area contributed by atoms with Gasteiger partial charge < -0.3 is 10.6 Å². The van der Waals surface area contributed by atoms with Gasteiger partial charge in [-0.2, -0.15) is 0 Å². The predicted octanol–water partition coefficient (Wildman–Crippen LogP) is 3.10. The maximum Gasteiger partial charge on any atom is 0.269 e. The second-order valence-corrected chi connectivity index (χ2v) is 6.52. The zero-order valence-corrected chi connectivity index (χ0v) is 14.6. The lowest BCUT2D eigenvalue weighted by Crippen LogP contribution is -2.27. The number of amides is 2. The summed E-state index contributed by atoms with van der Waals surface area (Å²) in [5.41, 5.74) is 0.735. The van der Waals surface area contributed by atoms with Crippen LogP contribution in [0.4, 0.5) is 15.2 Å². The van der Waals surface area contributed by atoms with Crippen LogP contribution in [0, 0.1) is 15.9 Å². The molecule has 0 radical (unpaired) electrons. The van der Waals surface area contributed by atoms with Gasteiger partial charge in [0.05, 0.1) is 15.1 Å². The van der Waals surface area contributed by atoms with Crippen molar-refractivity contribution in [2.45, 2.75) is 6.42 Å². The first-order valence-electron chi connectivity index (χ1n) is 7.81. The Balaban J connectivity index is 1.49. The van der Waals surface area contributed by atoms with Crippen molar-refractivity contribution in [3.63, 3.8) is 0 Å². The molecule has 0 aliphatic rings. The van der Waals surface area contributed by atoms with Gasteiger partial charge in [0.1, 0.15) is 5.82 Å². The minimum Gasteiger partial charge on any atom is -0.352 e. The smallest absolute Gasteiger partial charge is 0.269 e.